The maximum Gasteiger partial charge on any atom is 0.205 e. The molecule has 1 aliphatic rings. The highest BCUT2D eigenvalue weighted by Gasteiger charge is 2.37. The second-order valence-electron chi connectivity index (χ2n) is 3.84. The fourth-order valence-electron chi connectivity index (χ4n) is 1.42. The molecule has 4 heteroatoms. The molecule has 1 aliphatic heterocycles. The number of hydrogen-bond acceptors (Lipinski definition) is 4. The minimum atomic E-state index is 0.298. The number of aromatic nitrogens is 2. The van der Waals surface area contributed by atoms with Crippen molar-refractivity contribution in [2.24, 2.45) is 0 Å². The summed E-state index contributed by atoms with van der Waals surface area (Å²) in [5.41, 5.74) is 0.298. The summed E-state index contributed by atoms with van der Waals surface area (Å²) >= 11 is 1.50. The van der Waals surface area contributed by atoms with Gasteiger partial charge >= 0.3 is 0 Å². The van der Waals surface area contributed by atoms with Crippen LogP contribution < -0.4 is 4.90 Å². The first-order valence-corrected chi connectivity index (χ1v) is 4.95. The van der Waals surface area contributed by atoms with Gasteiger partial charge in [0, 0.05) is 23.6 Å². The van der Waals surface area contributed by atoms with Crippen molar-refractivity contribution in [1.82, 2.24) is 9.36 Å². The predicted octanol–water partition coefficient (Wildman–Crippen LogP) is 1.84. The van der Waals surface area contributed by atoms with E-state index in [4.69, 9.17) is 0 Å². The fourth-order valence-corrected chi connectivity index (χ4v) is 2.29. The summed E-state index contributed by atoms with van der Waals surface area (Å²) in [5.74, 6) is 0.887. The van der Waals surface area contributed by atoms with Crippen molar-refractivity contribution >= 4 is 16.7 Å². The second kappa shape index (κ2) is 2.42. The number of anilines is 1. The molecule has 1 fully saturated rings. The molecule has 2 rings (SSSR count). The predicted molar refractivity (Wildman–Crippen MR) is 50.7 cm³/mol. The molecular weight excluding hydrogens is 170 g/mol. The van der Waals surface area contributed by atoms with Crippen LogP contribution in [0.15, 0.2) is 0 Å². The first-order valence-electron chi connectivity index (χ1n) is 4.17. The Bertz CT molecular complexity index is 292. The average Bonchev–Trinajstić information content (AvgIpc) is 2.34. The lowest BCUT2D eigenvalue weighted by molar-refractivity contribution is 0.331. The lowest BCUT2D eigenvalue weighted by atomic mass is 9.90. The van der Waals surface area contributed by atoms with E-state index in [0.717, 1.165) is 17.5 Å². The Balaban J connectivity index is 2.21. The molecule has 1 saturated heterocycles. The molecule has 0 amide bonds. The van der Waals surface area contributed by atoms with E-state index >= 15 is 0 Å². The lowest BCUT2D eigenvalue weighted by Crippen LogP contribution is -2.56. The molecule has 0 radical (unpaired) electrons. The topological polar surface area (TPSA) is 29.0 Å². The van der Waals surface area contributed by atoms with Gasteiger partial charge in [-0.15, -0.1) is 0 Å². The third-order valence-corrected chi connectivity index (χ3v) is 3.26. The van der Waals surface area contributed by atoms with Gasteiger partial charge in [0.2, 0.25) is 5.13 Å². The maximum atomic E-state index is 4.36. The normalized spacial score (nSPS) is 20.8. The Morgan fingerprint density at radius 1 is 1.50 bits per heavy atom. The Morgan fingerprint density at radius 2 is 2.25 bits per heavy atom. The SMILES string of the molecule is Cc1nsc(N2CCC2(C)C)n1. The van der Waals surface area contributed by atoms with Crippen LogP contribution in [-0.4, -0.2) is 21.4 Å². The van der Waals surface area contributed by atoms with Gasteiger partial charge in [0.15, 0.2) is 0 Å². The lowest BCUT2D eigenvalue weighted by Gasteiger charge is -2.48. The fraction of sp³-hybridized carbons (Fsp3) is 0.750. The van der Waals surface area contributed by atoms with Gasteiger partial charge in [0.05, 0.1) is 0 Å². The van der Waals surface area contributed by atoms with Crippen molar-refractivity contribution in [2.45, 2.75) is 32.7 Å². The van der Waals surface area contributed by atoms with Crippen molar-refractivity contribution in [3.05, 3.63) is 5.82 Å². The van der Waals surface area contributed by atoms with Gasteiger partial charge in [0.25, 0.3) is 0 Å². The van der Waals surface area contributed by atoms with Crippen LogP contribution in [0.25, 0.3) is 0 Å². The Kier molecular flexibility index (Phi) is 1.61. The van der Waals surface area contributed by atoms with E-state index in [1.807, 2.05) is 6.92 Å². The smallest absolute Gasteiger partial charge is 0.205 e. The van der Waals surface area contributed by atoms with Crippen molar-refractivity contribution < 1.29 is 0 Å². The molecular formula is C8H13N3S. The maximum absolute atomic E-state index is 4.36. The molecule has 1 aromatic heterocycles. The molecule has 0 aliphatic carbocycles. The molecule has 0 aromatic carbocycles. The Labute approximate surface area is 76.6 Å². The first-order chi connectivity index (χ1) is 5.59. The highest BCUT2D eigenvalue weighted by molar-refractivity contribution is 7.09. The molecule has 3 nitrogen and oxygen atoms in total. The van der Waals surface area contributed by atoms with Crippen LogP contribution in [0.2, 0.25) is 0 Å². The van der Waals surface area contributed by atoms with Gasteiger partial charge in [-0.25, -0.2) is 4.98 Å². The third kappa shape index (κ3) is 1.10. The summed E-state index contributed by atoms with van der Waals surface area (Å²) in [7, 11) is 0. The summed E-state index contributed by atoms with van der Waals surface area (Å²) in [6.45, 7) is 7.55. The van der Waals surface area contributed by atoms with Gasteiger partial charge in [0.1, 0.15) is 5.82 Å². The standard InChI is InChI=1S/C8H13N3S/c1-6-9-7(12-10-6)11-5-4-8(11,2)3/h4-5H2,1-3H3. The van der Waals surface area contributed by atoms with Crippen molar-refractivity contribution in [3.63, 3.8) is 0 Å². The zero-order chi connectivity index (χ0) is 8.77. The Hall–Kier alpha value is -0.640. The molecule has 0 spiro atoms. The van der Waals surface area contributed by atoms with Crippen molar-refractivity contribution in [1.29, 1.82) is 0 Å². The summed E-state index contributed by atoms with van der Waals surface area (Å²) < 4.78 is 4.17. The van der Waals surface area contributed by atoms with Crippen LogP contribution in [0.4, 0.5) is 5.13 Å². The van der Waals surface area contributed by atoms with Crippen LogP contribution in [0.3, 0.4) is 0 Å². The third-order valence-electron chi connectivity index (χ3n) is 2.43. The van der Waals surface area contributed by atoms with Crippen LogP contribution in [-0.2, 0) is 0 Å². The zero-order valence-electron chi connectivity index (χ0n) is 7.66. The summed E-state index contributed by atoms with van der Waals surface area (Å²) in [6, 6.07) is 0. The molecule has 0 bridgehead atoms. The zero-order valence-corrected chi connectivity index (χ0v) is 8.48. The van der Waals surface area contributed by atoms with Crippen molar-refractivity contribution in [2.75, 3.05) is 11.4 Å². The van der Waals surface area contributed by atoms with E-state index in [1.165, 1.54) is 18.0 Å². The van der Waals surface area contributed by atoms with Gasteiger partial charge in [-0.3, -0.25) is 0 Å². The molecule has 0 saturated carbocycles. The van der Waals surface area contributed by atoms with E-state index in [2.05, 4.69) is 28.1 Å². The van der Waals surface area contributed by atoms with Crippen LogP contribution in [0, 0.1) is 6.92 Å². The molecule has 66 valence electrons. The molecule has 0 atom stereocenters. The molecule has 0 N–H and O–H groups in total. The molecule has 0 unspecified atom stereocenters. The summed E-state index contributed by atoms with van der Waals surface area (Å²) in [6.07, 6.45) is 1.26. The van der Waals surface area contributed by atoms with Gasteiger partial charge in [-0.2, -0.15) is 4.37 Å². The van der Waals surface area contributed by atoms with Gasteiger partial charge in [-0.1, -0.05) is 0 Å². The van der Waals surface area contributed by atoms with Crippen LogP contribution in [0.5, 0.6) is 0 Å². The quantitative estimate of drug-likeness (QED) is 0.665. The Morgan fingerprint density at radius 3 is 2.58 bits per heavy atom. The van der Waals surface area contributed by atoms with Crippen molar-refractivity contribution in [3.8, 4) is 0 Å². The minimum Gasteiger partial charge on any atom is -0.342 e. The number of hydrogen-bond donors (Lipinski definition) is 0. The van der Waals surface area contributed by atoms with E-state index in [9.17, 15) is 0 Å². The van der Waals surface area contributed by atoms with Gasteiger partial charge < -0.3 is 4.90 Å². The summed E-state index contributed by atoms with van der Waals surface area (Å²) in [5, 5.41) is 1.07. The minimum absolute atomic E-state index is 0.298. The second-order valence-corrected chi connectivity index (χ2v) is 4.57. The summed E-state index contributed by atoms with van der Waals surface area (Å²) in [4.78, 5) is 6.68. The number of nitrogens with zero attached hydrogens (tertiary/aromatic N) is 3. The average molecular weight is 183 g/mol. The van der Waals surface area contributed by atoms with E-state index in [-0.39, 0.29) is 0 Å². The molecule has 2 heterocycles. The highest BCUT2D eigenvalue weighted by atomic mass is 32.1. The first kappa shape index (κ1) is 7.98. The molecule has 1 aromatic rings. The van der Waals surface area contributed by atoms with E-state index in [0.29, 0.717) is 5.54 Å². The van der Waals surface area contributed by atoms with E-state index in [1.54, 1.807) is 0 Å². The van der Waals surface area contributed by atoms with Crippen LogP contribution >= 0.6 is 11.5 Å². The van der Waals surface area contributed by atoms with E-state index < -0.39 is 0 Å². The number of rotatable bonds is 1. The molecule has 12 heavy (non-hydrogen) atoms. The van der Waals surface area contributed by atoms with Crippen LogP contribution in [0.1, 0.15) is 26.1 Å². The monoisotopic (exact) mass is 183 g/mol. The largest absolute Gasteiger partial charge is 0.342 e. The highest BCUT2D eigenvalue weighted by Crippen LogP contribution is 2.35. The number of aryl methyl sites for hydroxylation is 1. The van der Waals surface area contributed by atoms with Gasteiger partial charge in [-0.05, 0) is 27.2 Å².